The predicted octanol–water partition coefficient (Wildman–Crippen LogP) is 4.31. The average molecular weight is 288 g/mol. The highest BCUT2D eigenvalue weighted by Gasteiger charge is 2.29. The lowest BCUT2D eigenvalue weighted by atomic mass is 10.0. The maximum atomic E-state index is 6.40. The van der Waals surface area contributed by atoms with Crippen LogP contribution in [-0.2, 0) is 4.12 Å². The molecule has 0 aromatic heterocycles. The van der Waals surface area contributed by atoms with Crippen LogP contribution in [0, 0.1) is 0 Å². The molecule has 1 aliphatic heterocycles. The van der Waals surface area contributed by atoms with Crippen LogP contribution < -0.4 is 0 Å². The second-order valence-electron chi connectivity index (χ2n) is 7.46. The maximum absolute atomic E-state index is 6.40. The Bertz CT molecular complexity index is 251. The zero-order valence-electron chi connectivity index (χ0n) is 13.4. The second-order valence-corrected chi connectivity index (χ2v) is 16.5. The van der Waals surface area contributed by atoms with Crippen molar-refractivity contribution in [2.24, 2.45) is 0 Å². The van der Waals surface area contributed by atoms with Crippen LogP contribution in [0.2, 0.25) is 38.8 Å². The van der Waals surface area contributed by atoms with E-state index in [4.69, 9.17) is 4.12 Å². The molecule has 1 rings (SSSR count). The SMILES string of the molecule is CC1CCCCN1CCC[Si](C)(C)O[Si](C)(C)C. The Hall–Kier alpha value is 0.354. The third kappa shape index (κ3) is 6.50. The highest BCUT2D eigenvalue weighted by Crippen LogP contribution is 2.22. The quantitative estimate of drug-likeness (QED) is 0.675. The number of hydrogen-bond donors (Lipinski definition) is 0. The van der Waals surface area contributed by atoms with Crippen molar-refractivity contribution >= 4 is 16.6 Å². The minimum atomic E-state index is -1.41. The van der Waals surface area contributed by atoms with E-state index in [1.54, 1.807) is 0 Å². The number of likely N-dealkylation sites (tertiary alicyclic amines) is 1. The van der Waals surface area contributed by atoms with Gasteiger partial charge in [-0.3, -0.25) is 0 Å². The smallest absolute Gasteiger partial charge is 0.173 e. The molecule has 4 heteroatoms. The molecule has 0 amide bonds. The molecule has 0 spiro atoms. The van der Waals surface area contributed by atoms with E-state index in [0.29, 0.717) is 0 Å². The van der Waals surface area contributed by atoms with Crippen LogP contribution in [0.15, 0.2) is 0 Å². The highest BCUT2D eigenvalue weighted by molar-refractivity contribution is 6.84. The van der Waals surface area contributed by atoms with Crippen molar-refractivity contribution in [1.82, 2.24) is 4.90 Å². The third-order valence-electron chi connectivity index (χ3n) is 3.75. The molecule has 1 unspecified atom stereocenters. The first-order valence-electron chi connectivity index (χ1n) is 7.64. The number of piperidine rings is 1. The monoisotopic (exact) mass is 287 g/mol. The van der Waals surface area contributed by atoms with Gasteiger partial charge in [0, 0.05) is 6.04 Å². The Labute approximate surface area is 116 Å². The van der Waals surface area contributed by atoms with Crippen LogP contribution in [-0.4, -0.2) is 40.7 Å². The summed E-state index contributed by atoms with van der Waals surface area (Å²) in [7, 11) is -2.76. The van der Waals surface area contributed by atoms with Crippen LogP contribution in [0.3, 0.4) is 0 Å². The van der Waals surface area contributed by atoms with Crippen molar-refractivity contribution in [3.05, 3.63) is 0 Å². The zero-order chi connectivity index (χ0) is 13.8. The van der Waals surface area contributed by atoms with Gasteiger partial charge >= 0.3 is 0 Å². The molecule has 1 saturated heterocycles. The Kier molecular flexibility index (Phi) is 6.09. The van der Waals surface area contributed by atoms with Crippen LogP contribution in [0.1, 0.15) is 32.6 Å². The molecule has 1 fully saturated rings. The summed E-state index contributed by atoms with van der Waals surface area (Å²) in [4.78, 5) is 2.68. The molecule has 2 nitrogen and oxygen atoms in total. The summed E-state index contributed by atoms with van der Waals surface area (Å²) >= 11 is 0. The normalized spacial score (nSPS) is 23.3. The van der Waals surface area contributed by atoms with Gasteiger partial charge in [-0.25, -0.2) is 0 Å². The lowest BCUT2D eigenvalue weighted by Crippen LogP contribution is -2.43. The topological polar surface area (TPSA) is 12.5 Å². The van der Waals surface area contributed by atoms with Crippen LogP contribution in [0.5, 0.6) is 0 Å². The van der Waals surface area contributed by atoms with Gasteiger partial charge in [-0.2, -0.15) is 0 Å². The number of hydrogen-bond acceptors (Lipinski definition) is 2. The van der Waals surface area contributed by atoms with Crippen molar-refractivity contribution in [2.45, 2.75) is 77.4 Å². The molecule has 1 atom stereocenters. The Balaban J connectivity index is 2.27. The van der Waals surface area contributed by atoms with E-state index in [1.165, 1.54) is 44.8 Å². The number of nitrogens with zero attached hydrogens (tertiary/aromatic N) is 1. The molecule has 108 valence electrons. The van der Waals surface area contributed by atoms with Crippen LogP contribution in [0.25, 0.3) is 0 Å². The molecule has 0 aromatic carbocycles. The summed E-state index contributed by atoms with van der Waals surface area (Å²) in [5, 5.41) is 0. The molecular formula is C14H33NOSi2. The van der Waals surface area contributed by atoms with Gasteiger partial charge in [0.05, 0.1) is 0 Å². The molecule has 18 heavy (non-hydrogen) atoms. The molecule has 0 saturated carbocycles. The van der Waals surface area contributed by atoms with Crippen molar-refractivity contribution in [3.63, 3.8) is 0 Å². The molecule has 0 radical (unpaired) electrons. The van der Waals surface area contributed by atoms with Crippen molar-refractivity contribution in [2.75, 3.05) is 13.1 Å². The third-order valence-corrected chi connectivity index (χ3v) is 9.96. The van der Waals surface area contributed by atoms with Crippen LogP contribution in [0.4, 0.5) is 0 Å². The predicted molar refractivity (Wildman–Crippen MR) is 86.2 cm³/mol. The minimum absolute atomic E-state index is 0.807. The van der Waals surface area contributed by atoms with Gasteiger partial charge in [-0.15, -0.1) is 0 Å². The first kappa shape index (κ1) is 16.4. The largest absolute Gasteiger partial charge is 0.456 e. The summed E-state index contributed by atoms with van der Waals surface area (Å²) < 4.78 is 6.40. The first-order valence-corrected chi connectivity index (χ1v) is 14.2. The molecule has 0 aromatic rings. The fraction of sp³-hybridized carbons (Fsp3) is 1.00. The molecule has 0 bridgehead atoms. The maximum Gasteiger partial charge on any atom is 0.173 e. The zero-order valence-corrected chi connectivity index (χ0v) is 15.4. The van der Waals surface area contributed by atoms with Crippen molar-refractivity contribution in [1.29, 1.82) is 0 Å². The van der Waals surface area contributed by atoms with Gasteiger partial charge in [0.15, 0.2) is 16.6 Å². The lowest BCUT2D eigenvalue weighted by molar-refractivity contribution is 0.160. The van der Waals surface area contributed by atoms with Crippen molar-refractivity contribution < 1.29 is 4.12 Å². The molecule has 0 aliphatic carbocycles. The summed E-state index contributed by atoms with van der Waals surface area (Å²) in [5.74, 6) is 0. The average Bonchev–Trinajstić information content (AvgIpc) is 2.17. The minimum Gasteiger partial charge on any atom is -0.456 e. The van der Waals surface area contributed by atoms with Gasteiger partial charge in [-0.05, 0) is 78.1 Å². The summed E-state index contributed by atoms with van der Waals surface area (Å²) in [6.45, 7) is 16.7. The first-order chi connectivity index (χ1) is 8.20. The standard InChI is InChI=1S/C14H33NOSi2/c1-14-10-7-8-11-15(14)12-9-13-18(5,6)16-17(2,3)4/h14H,7-13H2,1-6H3. The van der Waals surface area contributed by atoms with Gasteiger partial charge in [0.25, 0.3) is 0 Å². The lowest BCUT2D eigenvalue weighted by Gasteiger charge is -2.35. The summed E-state index contributed by atoms with van der Waals surface area (Å²) in [5.41, 5.74) is 0. The van der Waals surface area contributed by atoms with Gasteiger partial charge < -0.3 is 9.02 Å². The number of rotatable bonds is 6. The van der Waals surface area contributed by atoms with Crippen LogP contribution >= 0.6 is 0 Å². The second kappa shape index (κ2) is 6.68. The molecular weight excluding hydrogens is 254 g/mol. The molecule has 0 N–H and O–H groups in total. The van der Waals surface area contributed by atoms with Crippen molar-refractivity contribution in [3.8, 4) is 0 Å². The van der Waals surface area contributed by atoms with E-state index >= 15 is 0 Å². The van der Waals surface area contributed by atoms with Gasteiger partial charge in [0.2, 0.25) is 0 Å². The Morgan fingerprint density at radius 3 is 2.33 bits per heavy atom. The Morgan fingerprint density at radius 1 is 1.11 bits per heavy atom. The van der Waals surface area contributed by atoms with E-state index in [0.717, 1.165) is 6.04 Å². The summed E-state index contributed by atoms with van der Waals surface area (Å²) in [6, 6.07) is 2.13. The molecule has 1 aliphatic rings. The van der Waals surface area contributed by atoms with E-state index in [9.17, 15) is 0 Å². The Morgan fingerprint density at radius 2 is 1.78 bits per heavy atom. The van der Waals surface area contributed by atoms with E-state index in [1.807, 2.05) is 0 Å². The van der Waals surface area contributed by atoms with E-state index in [-0.39, 0.29) is 0 Å². The van der Waals surface area contributed by atoms with Gasteiger partial charge in [-0.1, -0.05) is 6.42 Å². The fourth-order valence-corrected chi connectivity index (χ4v) is 11.1. The van der Waals surface area contributed by atoms with Gasteiger partial charge in [0.1, 0.15) is 0 Å². The fourth-order valence-electron chi connectivity index (χ4n) is 3.08. The molecule has 1 heterocycles. The van der Waals surface area contributed by atoms with E-state index < -0.39 is 16.6 Å². The van der Waals surface area contributed by atoms with E-state index in [2.05, 4.69) is 44.6 Å². The summed E-state index contributed by atoms with van der Waals surface area (Å²) in [6.07, 6.45) is 5.55. The highest BCUT2D eigenvalue weighted by atomic mass is 28.4.